The Balaban J connectivity index is 1.75. The van der Waals surface area contributed by atoms with Gasteiger partial charge in [0.15, 0.2) is 0 Å². The van der Waals surface area contributed by atoms with E-state index in [1.165, 1.54) is 5.56 Å². The fraction of sp³-hybridized carbons (Fsp3) is 0.647. The summed E-state index contributed by atoms with van der Waals surface area (Å²) in [5.41, 5.74) is 0.551. The molecule has 3 nitrogen and oxygen atoms in total. The highest BCUT2D eigenvalue weighted by molar-refractivity contribution is 5.38. The Morgan fingerprint density at radius 2 is 1.95 bits per heavy atom. The lowest BCUT2D eigenvalue weighted by molar-refractivity contribution is 0.0306. The van der Waals surface area contributed by atoms with Crippen LogP contribution in [0.3, 0.4) is 0 Å². The molecule has 110 valence electrons. The number of rotatable bonds is 3. The molecular weight excluding hydrogens is 250 g/mol. The van der Waals surface area contributed by atoms with Crippen LogP contribution in [0, 0.1) is 0 Å². The van der Waals surface area contributed by atoms with Crippen molar-refractivity contribution in [1.82, 2.24) is 5.32 Å². The number of ether oxygens (including phenoxy) is 1. The Kier molecular flexibility index (Phi) is 3.51. The number of benzene rings is 1. The topological polar surface area (TPSA) is 41.5 Å². The molecule has 2 N–H and O–H groups in total. The van der Waals surface area contributed by atoms with Gasteiger partial charge in [0.1, 0.15) is 11.4 Å². The molecule has 1 heterocycles. The van der Waals surface area contributed by atoms with Crippen molar-refractivity contribution in [2.24, 2.45) is 0 Å². The lowest BCUT2D eigenvalue weighted by atomic mass is 9.89. The van der Waals surface area contributed by atoms with E-state index in [1.807, 2.05) is 12.1 Å². The van der Waals surface area contributed by atoms with E-state index in [9.17, 15) is 5.11 Å². The minimum Gasteiger partial charge on any atom is -0.487 e. The number of nitrogens with one attached hydrogen (secondary N) is 1. The minimum atomic E-state index is -0.503. The van der Waals surface area contributed by atoms with Gasteiger partial charge in [0.05, 0.1) is 5.60 Å². The van der Waals surface area contributed by atoms with Crippen molar-refractivity contribution in [2.45, 2.75) is 63.2 Å². The normalized spacial score (nSPS) is 26.9. The van der Waals surface area contributed by atoms with E-state index in [0.29, 0.717) is 6.54 Å². The molecule has 1 saturated carbocycles. The number of hydrogen-bond donors (Lipinski definition) is 2. The first kappa shape index (κ1) is 13.9. The van der Waals surface area contributed by atoms with Crippen molar-refractivity contribution >= 4 is 0 Å². The Morgan fingerprint density at radius 3 is 2.70 bits per heavy atom. The van der Waals surface area contributed by atoms with E-state index >= 15 is 0 Å². The molecule has 0 spiro atoms. The van der Waals surface area contributed by atoms with Gasteiger partial charge in [-0.05, 0) is 32.8 Å². The Bertz CT molecular complexity index is 478. The van der Waals surface area contributed by atoms with Crippen LogP contribution in [0.2, 0.25) is 0 Å². The first-order valence-corrected chi connectivity index (χ1v) is 7.71. The maximum atomic E-state index is 10.5. The molecule has 1 aliphatic carbocycles. The number of fused-ring (bicyclic) bond motifs is 1. The van der Waals surface area contributed by atoms with Crippen molar-refractivity contribution in [3.63, 3.8) is 0 Å². The summed E-state index contributed by atoms with van der Waals surface area (Å²) < 4.78 is 6.04. The molecule has 20 heavy (non-hydrogen) atoms. The highest BCUT2D eigenvalue weighted by atomic mass is 16.5. The van der Waals surface area contributed by atoms with Crippen molar-refractivity contribution in [2.75, 3.05) is 6.54 Å². The average Bonchev–Trinajstić information content (AvgIpc) is 2.82. The third kappa shape index (κ3) is 2.84. The fourth-order valence-electron chi connectivity index (χ4n) is 3.51. The molecule has 3 heteroatoms. The standard InChI is InChI=1S/C17H25NO2/c1-16(2)11-14(13-7-3-4-8-15(13)20-16)18-12-17(19)9-5-6-10-17/h3-4,7-8,14,18-19H,5-6,9-12H2,1-2H3. The molecule has 1 aliphatic heterocycles. The van der Waals surface area contributed by atoms with Crippen molar-refractivity contribution in [3.05, 3.63) is 29.8 Å². The quantitative estimate of drug-likeness (QED) is 0.890. The maximum absolute atomic E-state index is 10.5. The molecule has 1 aromatic rings. The number of para-hydroxylation sites is 1. The second-order valence-corrected chi connectivity index (χ2v) is 6.97. The van der Waals surface area contributed by atoms with E-state index < -0.39 is 5.60 Å². The smallest absolute Gasteiger partial charge is 0.124 e. The van der Waals surface area contributed by atoms with Gasteiger partial charge in [-0.3, -0.25) is 0 Å². The van der Waals surface area contributed by atoms with Crippen LogP contribution in [0.1, 0.15) is 57.6 Å². The van der Waals surface area contributed by atoms with Crippen LogP contribution < -0.4 is 10.1 Å². The second kappa shape index (κ2) is 5.05. The molecule has 1 unspecified atom stereocenters. The zero-order valence-corrected chi connectivity index (χ0v) is 12.5. The van der Waals surface area contributed by atoms with E-state index in [0.717, 1.165) is 37.9 Å². The van der Waals surface area contributed by atoms with E-state index in [-0.39, 0.29) is 11.6 Å². The third-order valence-corrected chi connectivity index (χ3v) is 4.59. The fourth-order valence-corrected chi connectivity index (χ4v) is 3.51. The summed E-state index contributed by atoms with van der Waals surface area (Å²) in [5.74, 6) is 0.972. The predicted octanol–water partition coefficient (Wildman–Crippen LogP) is 3.18. The van der Waals surface area contributed by atoms with Gasteiger partial charge in [-0.15, -0.1) is 0 Å². The lowest BCUT2D eigenvalue weighted by Crippen LogP contribution is -2.44. The minimum absolute atomic E-state index is 0.162. The molecule has 0 amide bonds. The van der Waals surface area contributed by atoms with Crippen LogP contribution in [-0.4, -0.2) is 22.9 Å². The summed E-state index contributed by atoms with van der Waals surface area (Å²) in [5, 5.41) is 14.1. The largest absolute Gasteiger partial charge is 0.487 e. The van der Waals surface area contributed by atoms with Crippen molar-refractivity contribution in [3.8, 4) is 5.75 Å². The molecule has 1 fully saturated rings. The van der Waals surface area contributed by atoms with Crippen LogP contribution >= 0.6 is 0 Å². The Morgan fingerprint density at radius 1 is 1.25 bits per heavy atom. The summed E-state index contributed by atoms with van der Waals surface area (Å²) in [4.78, 5) is 0. The van der Waals surface area contributed by atoms with Crippen LogP contribution in [0.4, 0.5) is 0 Å². The van der Waals surface area contributed by atoms with Crippen LogP contribution in [0.5, 0.6) is 5.75 Å². The second-order valence-electron chi connectivity index (χ2n) is 6.97. The molecule has 3 rings (SSSR count). The van der Waals surface area contributed by atoms with Crippen LogP contribution in [-0.2, 0) is 0 Å². The SMILES string of the molecule is CC1(C)CC(NCC2(O)CCCC2)c2ccccc2O1. The van der Waals surface area contributed by atoms with Gasteiger partial charge in [0, 0.05) is 24.6 Å². The molecule has 0 radical (unpaired) electrons. The van der Waals surface area contributed by atoms with Gasteiger partial charge >= 0.3 is 0 Å². The van der Waals surface area contributed by atoms with Gasteiger partial charge < -0.3 is 15.2 Å². The number of hydrogen-bond acceptors (Lipinski definition) is 3. The molecule has 0 aromatic heterocycles. The molecule has 0 saturated heterocycles. The van der Waals surface area contributed by atoms with Gasteiger partial charge in [0.2, 0.25) is 0 Å². The summed E-state index contributed by atoms with van der Waals surface area (Å²) >= 11 is 0. The van der Waals surface area contributed by atoms with E-state index in [1.54, 1.807) is 0 Å². The summed E-state index contributed by atoms with van der Waals surface area (Å²) in [6, 6.07) is 8.50. The highest BCUT2D eigenvalue weighted by Crippen LogP contribution is 2.39. The van der Waals surface area contributed by atoms with Gasteiger partial charge in [-0.2, -0.15) is 0 Å². The van der Waals surface area contributed by atoms with Crippen LogP contribution in [0.25, 0.3) is 0 Å². The lowest BCUT2D eigenvalue weighted by Gasteiger charge is -2.39. The molecule has 2 aliphatic rings. The summed E-state index contributed by atoms with van der Waals surface area (Å²) in [6.07, 6.45) is 5.07. The molecule has 1 atom stereocenters. The molecular formula is C17H25NO2. The Labute approximate surface area is 121 Å². The van der Waals surface area contributed by atoms with E-state index in [2.05, 4.69) is 31.3 Å². The Hall–Kier alpha value is -1.06. The number of aliphatic hydroxyl groups is 1. The summed E-state index contributed by atoms with van der Waals surface area (Å²) in [7, 11) is 0. The van der Waals surface area contributed by atoms with Crippen LogP contribution in [0.15, 0.2) is 24.3 Å². The zero-order chi connectivity index (χ0) is 14.2. The predicted molar refractivity (Wildman–Crippen MR) is 79.9 cm³/mol. The first-order valence-electron chi connectivity index (χ1n) is 7.71. The van der Waals surface area contributed by atoms with Crippen molar-refractivity contribution in [1.29, 1.82) is 0 Å². The van der Waals surface area contributed by atoms with E-state index in [4.69, 9.17) is 4.74 Å². The molecule has 0 bridgehead atoms. The highest BCUT2D eigenvalue weighted by Gasteiger charge is 2.36. The average molecular weight is 275 g/mol. The monoisotopic (exact) mass is 275 g/mol. The van der Waals surface area contributed by atoms with Gasteiger partial charge in [-0.25, -0.2) is 0 Å². The summed E-state index contributed by atoms with van der Waals surface area (Å²) in [6.45, 7) is 4.94. The molecule has 1 aromatic carbocycles. The van der Waals surface area contributed by atoms with Crippen molar-refractivity contribution < 1.29 is 9.84 Å². The maximum Gasteiger partial charge on any atom is 0.124 e. The third-order valence-electron chi connectivity index (χ3n) is 4.59. The zero-order valence-electron chi connectivity index (χ0n) is 12.5. The van der Waals surface area contributed by atoms with Gasteiger partial charge in [0.25, 0.3) is 0 Å². The van der Waals surface area contributed by atoms with Gasteiger partial charge in [-0.1, -0.05) is 31.0 Å². The first-order chi connectivity index (χ1) is 9.48.